The van der Waals surface area contributed by atoms with Gasteiger partial charge in [0.25, 0.3) is 0 Å². The van der Waals surface area contributed by atoms with Crippen LogP contribution < -0.4 is 10.6 Å². The molecule has 2 N–H and O–H groups in total. The van der Waals surface area contributed by atoms with Crippen LogP contribution in [-0.2, 0) is 0 Å². The zero-order chi connectivity index (χ0) is 18.8. The van der Waals surface area contributed by atoms with Gasteiger partial charge in [0.2, 0.25) is 0 Å². The highest BCUT2D eigenvalue weighted by molar-refractivity contribution is 6.31. The summed E-state index contributed by atoms with van der Waals surface area (Å²) in [4.78, 5) is 7.06. The number of nitrogens with zero attached hydrogens (tertiary/aromatic N) is 2. The molecule has 3 fully saturated rings. The third-order valence-corrected chi connectivity index (χ3v) is 6.75. The van der Waals surface area contributed by atoms with Crippen LogP contribution in [0.15, 0.2) is 23.2 Å². The summed E-state index contributed by atoms with van der Waals surface area (Å²) in [5, 5.41) is 7.55. The molecule has 2 aliphatic carbocycles. The van der Waals surface area contributed by atoms with E-state index in [4.69, 9.17) is 11.6 Å². The van der Waals surface area contributed by atoms with Crippen molar-refractivity contribution in [1.29, 1.82) is 0 Å². The Balaban J connectivity index is 1.26. The summed E-state index contributed by atoms with van der Waals surface area (Å²) in [7, 11) is 1.80. The van der Waals surface area contributed by atoms with Gasteiger partial charge in [-0.3, -0.25) is 4.99 Å². The van der Waals surface area contributed by atoms with Crippen molar-refractivity contribution in [1.82, 2.24) is 15.5 Å². The number of likely N-dealkylation sites (tertiary alicyclic amines) is 1. The van der Waals surface area contributed by atoms with Crippen LogP contribution in [0.25, 0.3) is 0 Å². The molecule has 0 aromatic heterocycles. The van der Waals surface area contributed by atoms with E-state index in [0.717, 1.165) is 31.3 Å². The minimum atomic E-state index is -0.209. The van der Waals surface area contributed by atoms with Crippen molar-refractivity contribution < 1.29 is 4.39 Å². The van der Waals surface area contributed by atoms with Gasteiger partial charge in [0.1, 0.15) is 5.82 Å². The van der Waals surface area contributed by atoms with Gasteiger partial charge in [-0.1, -0.05) is 30.5 Å². The third-order valence-electron chi connectivity index (χ3n) is 6.42. The van der Waals surface area contributed by atoms with Crippen LogP contribution >= 0.6 is 11.6 Å². The Kier molecular flexibility index (Phi) is 5.88. The van der Waals surface area contributed by atoms with Gasteiger partial charge >= 0.3 is 0 Å². The minimum Gasteiger partial charge on any atom is -0.354 e. The summed E-state index contributed by atoms with van der Waals surface area (Å²) in [5.74, 6) is 0.745. The molecule has 6 heteroatoms. The molecule has 1 saturated heterocycles. The monoisotopic (exact) mass is 392 g/mol. The molecule has 1 aliphatic heterocycles. The standard InChI is InChI=1S/C21H30ClFN4/c1-24-21(25-14-9-11-27(12-10-14)15-5-2-3-6-15)26-19-13-16(19)20-17(22)7-4-8-18(20)23/h4,7-8,14-16,19H,2-3,5-6,9-13H2,1H3,(H2,24,25,26). The molecular formula is C21H30ClFN4. The number of nitrogens with one attached hydrogen (secondary N) is 2. The first-order valence-electron chi connectivity index (χ1n) is 10.3. The Labute approximate surface area is 166 Å². The molecule has 0 amide bonds. The van der Waals surface area contributed by atoms with Crippen molar-refractivity contribution in [2.24, 2.45) is 4.99 Å². The molecule has 3 aliphatic rings. The van der Waals surface area contributed by atoms with Crippen LogP contribution in [0.5, 0.6) is 0 Å². The number of rotatable bonds is 4. The van der Waals surface area contributed by atoms with Crippen molar-refractivity contribution in [2.45, 2.75) is 69.0 Å². The fourth-order valence-corrected chi connectivity index (χ4v) is 5.06. The molecule has 4 nitrogen and oxygen atoms in total. The van der Waals surface area contributed by atoms with Gasteiger partial charge < -0.3 is 15.5 Å². The fraction of sp³-hybridized carbons (Fsp3) is 0.667. The highest BCUT2D eigenvalue weighted by atomic mass is 35.5. The molecule has 2 atom stereocenters. The maximum Gasteiger partial charge on any atom is 0.191 e. The molecule has 1 aromatic rings. The topological polar surface area (TPSA) is 39.7 Å². The van der Waals surface area contributed by atoms with Crippen LogP contribution in [-0.4, -0.2) is 49.1 Å². The van der Waals surface area contributed by atoms with E-state index in [2.05, 4.69) is 20.5 Å². The third kappa shape index (κ3) is 4.40. The second-order valence-corrected chi connectivity index (χ2v) is 8.60. The van der Waals surface area contributed by atoms with Gasteiger partial charge in [-0.15, -0.1) is 0 Å². The van der Waals surface area contributed by atoms with Crippen molar-refractivity contribution in [3.63, 3.8) is 0 Å². The molecule has 1 aromatic carbocycles. The highest BCUT2D eigenvalue weighted by Crippen LogP contribution is 2.44. The lowest BCUT2D eigenvalue weighted by Gasteiger charge is -2.36. The number of halogens is 2. The molecule has 27 heavy (non-hydrogen) atoms. The first-order valence-corrected chi connectivity index (χ1v) is 10.7. The molecular weight excluding hydrogens is 363 g/mol. The van der Waals surface area contributed by atoms with Crippen molar-refractivity contribution in [3.05, 3.63) is 34.6 Å². The minimum absolute atomic E-state index is 0.126. The van der Waals surface area contributed by atoms with E-state index in [1.165, 1.54) is 44.8 Å². The number of guanidine groups is 1. The Bertz CT molecular complexity index is 661. The van der Waals surface area contributed by atoms with Gasteiger partial charge in [-0.05, 0) is 44.2 Å². The molecule has 1 heterocycles. The average Bonchev–Trinajstić information content (AvgIpc) is 3.18. The van der Waals surface area contributed by atoms with Crippen LogP contribution in [0, 0.1) is 5.82 Å². The normalized spacial score (nSPS) is 27.7. The van der Waals surface area contributed by atoms with Crippen molar-refractivity contribution in [2.75, 3.05) is 20.1 Å². The first kappa shape index (κ1) is 19.0. The summed E-state index contributed by atoms with van der Waals surface area (Å²) >= 11 is 6.21. The Morgan fingerprint density at radius 3 is 2.56 bits per heavy atom. The SMILES string of the molecule is CN=C(NC1CCN(C2CCCC2)CC1)NC1CC1c1c(F)cccc1Cl. The molecule has 0 bridgehead atoms. The molecule has 148 valence electrons. The lowest BCUT2D eigenvalue weighted by Crippen LogP contribution is -2.50. The summed E-state index contributed by atoms with van der Waals surface area (Å²) < 4.78 is 14.1. The second kappa shape index (κ2) is 8.36. The molecule has 2 unspecified atom stereocenters. The van der Waals surface area contributed by atoms with Gasteiger partial charge in [0.15, 0.2) is 5.96 Å². The summed E-state index contributed by atoms with van der Waals surface area (Å²) in [5.41, 5.74) is 0.636. The van der Waals surface area contributed by atoms with E-state index in [1.807, 2.05) is 0 Å². The van der Waals surface area contributed by atoms with Crippen LogP contribution in [0.1, 0.15) is 56.4 Å². The lowest BCUT2D eigenvalue weighted by molar-refractivity contribution is 0.150. The molecule has 4 rings (SSSR count). The summed E-state index contributed by atoms with van der Waals surface area (Å²) in [6, 6.07) is 6.39. The lowest BCUT2D eigenvalue weighted by atomic mass is 10.0. The van der Waals surface area contributed by atoms with Crippen molar-refractivity contribution >= 4 is 17.6 Å². The van der Waals surface area contributed by atoms with Gasteiger partial charge in [0.05, 0.1) is 0 Å². The predicted octanol–water partition coefficient (Wildman–Crippen LogP) is 3.91. The molecule has 2 saturated carbocycles. The van der Waals surface area contributed by atoms with E-state index < -0.39 is 0 Å². The fourth-order valence-electron chi connectivity index (χ4n) is 4.76. The Morgan fingerprint density at radius 2 is 1.89 bits per heavy atom. The highest BCUT2D eigenvalue weighted by Gasteiger charge is 2.42. The maximum absolute atomic E-state index is 14.1. The Hall–Kier alpha value is -1.33. The number of hydrogen-bond donors (Lipinski definition) is 2. The van der Waals surface area contributed by atoms with Crippen molar-refractivity contribution in [3.8, 4) is 0 Å². The maximum atomic E-state index is 14.1. The number of benzene rings is 1. The van der Waals surface area contributed by atoms with E-state index in [0.29, 0.717) is 16.6 Å². The first-order chi connectivity index (χ1) is 13.2. The van der Waals surface area contributed by atoms with Crippen LogP contribution in [0.2, 0.25) is 5.02 Å². The second-order valence-electron chi connectivity index (χ2n) is 8.19. The number of hydrogen-bond acceptors (Lipinski definition) is 2. The smallest absolute Gasteiger partial charge is 0.191 e. The number of aliphatic imine (C=N–C) groups is 1. The zero-order valence-electron chi connectivity index (χ0n) is 16.1. The summed E-state index contributed by atoms with van der Waals surface area (Å²) in [6.45, 7) is 2.35. The van der Waals surface area contributed by atoms with Crippen LogP contribution in [0.3, 0.4) is 0 Å². The molecule has 0 radical (unpaired) electrons. The quantitative estimate of drug-likeness (QED) is 0.603. The van der Waals surface area contributed by atoms with Gasteiger partial charge in [0, 0.05) is 54.8 Å². The van der Waals surface area contributed by atoms with Crippen LogP contribution in [0.4, 0.5) is 4.39 Å². The van der Waals surface area contributed by atoms with E-state index >= 15 is 0 Å². The van der Waals surface area contributed by atoms with E-state index in [1.54, 1.807) is 19.2 Å². The number of piperidine rings is 1. The summed E-state index contributed by atoms with van der Waals surface area (Å²) in [6.07, 6.45) is 8.75. The van der Waals surface area contributed by atoms with Gasteiger partial charge in [-0.25, -0.2) is 4.39 Å². The van der Waals surface area contributed by atoms with Gasteiger partial charge in [-0.2, -0.15) is 0 Å². The molecule has 0 spiro atoms. The zero-order valence-corrected chi connectivity index (χ0v) is 16.8. The Morgan fingerprint density at radius 1 is 1.15 bits per heavy atom. The largest absolute Gasteiger partial charge is 0.354 e. The average molecular weight is 393 g/mol. The van der Waals surface area contributed by atoms with E-state index in [9.17, 15) is 4.39 Å². The predicted molar refractivity (Wildman–Crippen MR) is 109 cm³/mol. The van der Waals surface area contributed by atoms with E-state index in [-0.39, 0.29) is 17.8 Å².